The number of pyridine rings is 1. The summed E-state index contributed by atoms with van der Waals surface area (Å²) in [5, 5.41) is 6.76. The van der Waals surface area contributed by atoms with Crippen molar-refractivity contribution in [2.75, 3.05) is 47.0 Å². The summed E-state index contributed by atoms with van der Waals surface area (Å²) in [7, 11) is 3.46. The van der Waals surface area contributed by atoms with Crippen molar-refractivity contribution in [1.82, 2.24) is 20.5 Å². The van der Waals surface area contributed by atoms with Gasteiger partial charge in [0.05, 0.1) is 6.61 Å². The molecule has 1 saturated heterocycles. The van der Waals surface area contributed by atoms with E-state index < -0.39 is 0 Å². The number of rotatable bonds is 10. The molecule has 1 atom stereocenters. The molecule has 1 fully saturated rings. The Bertz CT molecular complexity index is 550. The van der Waals surface area contributed by atoms with Gasteiger partial charge in [0.2, 0.25) is 5.88 Å². The van der Waals surface area contributed by atoms with Crippen molar-refractivity contribution in [3.05, 3.63) is 23.9 Å². The average Bonchev–Trinajstić information content (AvgIpc) is 2.72. The van der Waals surface area contributed by atoms with Crippen LogP contribution in [0.25, 0.3) is 0 Å². The van der Waals surface area contributed by atoms with Crippen LogP contribution in [-0.2, 0) is 11.3 Å². The minimum absolute atomic E-state index is 0.508. The normalized spacial score (nSPS) is 18.3. The molecule has 152 valence electrons. The number of aliphatic imine (C=N–C) groups is 1. The molecule has 0 bridgehead atoms. The van der Waals surface area contributed by atoms with Crippen molar-refractivity contribution >= 4 is 5.96 Å². The fourth-order valence-electron chi connectivity index (χ4n) is 3.37. The quantitative estimate of drug-likeness (QED) is 0.369. The van der Waals surface area contributed by atoms with Crippen LogP contribution in [0.1, 0.15) is 38.2 Å². The van der Waals surface area contributed by atoms with Gasteiger partial charge in [-0.3, -0.25) is 9.89 Å². The molecule has 7 heteroatoms. The maximum absolute atomic E-state index is 5.48. The van der Waals surface area contributed by atoms with E-state index in [0.29, 0.717) is 25.6 Å². The van der Waals surface area contributed by atoms with Crippen molar-refractivity contribution in [3.8, 4) is 5.88 Å². The summed E-state index contributed by atoms with van der Waals surface area (Å²) in [6, 6.07) is 4.63. The van der Waals surface area contributed by atoms with Crippen molar-refractivity contribution in [2.24, 2.45) is 4.99 Å². The smallest absolute Gasteiger partial charge is 0.213 e. The highest BCUT2D eigenvalue weighted by Crippen LogP contribution is 2.18. The highest BCUT2D eigenvalue weighted by atomic mass is 16.5. The van der Waals surface area contributed by atoms with E-state index >= 15 is 0 Å². The number of hydrogen-bond donors (Lipinski definition) is 2. The van der Waals surface area contributed by atoms with E-state index in [1.807, 2.05) is 18.3 Å². The second-order valence-electron chi connectivity index (χ2n) is 6.79. The van der Waals surface area contributed by atoms with Crippen LogP contribution in [-0.4, -0.2) is 68.9 Å². The molecule has 0 amide bonds. The number of piperidine rings is 1. The van der Waals surface area contributed by atoms with E-state index in [9.17, 15) is 0 Å². The molecule has 1 unspecified atom stereocenters. The maximum atomic E-state index is 5.48. The van der Waals surface area contributed by atoms with Crippen LogP contribution in [0, 0.1) is 0 Å². The number of aromatic nitrogens is 1. The molecule has 0 spiro atoms. The Hall–Kier alpha value is -1.86. The topological polar surface area (TPSA) is 71.0 Å². The van der Waals surface area contributed by atoms with E-state index in [2.05, 4.69) is 32.4 Å². The maximum Gasteiger partial charge on any atom is 0.213 e. The third-order valence-electron chi connectivity index (χ3n) is 4.93. The number of nitrogens with zero attached hydrogens (tertiary/aromatic N) is 3. The first-order valence-corrected chi connectivity index (χ1v) is 10.0. The lowest BCUT2D eigenvalue weighted by atomic mass is 10.0. The molecule has 0 saturated carbocycles. The minimum atomic E-state index is 0.508. The standard InChI is InChI=1S/C20H35N5O2/c1-4-18-7-5-6-11-25(18)12-10-22-20(21-2)24-16-17-8-9-19(23-15-17)27-14-13-26-3/h8-9,15,18H,4-7,10-14,16H2,1-3H3,(H2,21,22,24). The lowest BCUT2D eigenvalue weighted by Crippen LogP contribution is -2.45. The lowest BCUT2D eigenvalue weighted by molar-refractivity contribution is 0.143. The van der Waals surface area contributed by atoms with Crippen LogP contribution in [0.5, 0.6) is 5.88 Å². The van der Waals surface area contributed by atoms with Gasteiger partial charge in [0.25, 0.3) is 0 Å². The van der Waals surface area contributed by atoms with Gasteiger partial charge >= 0.3 is 0 Å². The SMILES string of the molecule is CCC1CCCCN1CCNC(=NC)NCc1ccc(OCCOC)nc1. The van der Waals surface area contributed by atoms with Crippen LogP contribution < -0.4 is 15.4 Å². The second-order valence-corrected chi connectivity index (χ2v) is 6.79. The lowest BCUT2D eigenvalue weighted by Gasteiger charge is -2.35. The van der Waals surface area contributed by atoms with Crippen molar-refractivity contribution in [2.45, 2.75) is 45.2 Å². The van der Waals surface area contributed by atoms with E-state index in [0.717, 1.165) is 30.7 Å². The van der Waals surface area contributed by atoms with Crippen LogP contribution >= 0.6 is 0 Å². The Labute approximate surface area is 163 Å². The molecular formula is C20H35N5O2. The molecule has 1 aliphatic rings. The molecule has 0 aromatic carbocycles. The number of ether oxygens (including phenoxy) is 2. The van der Waals surface area contributed by atoms with E-state index in [4.69, 9.17) is 9.47 Å². The third kappa shape index (κ3) is 7.72. The first-order chi connectivity index (χ1) is 13.3. The summed E-state index contributed by atoms with van der Waals surface area (Å²) < 4.78 is 10.4. The molecule has 1 aliphatic heterocycles. The minimum Gasteiger partial charge on any atom is -0.475 e. The number of methoxy groups -OCH3 is 1. The largest absolute Gasteiger partial charge is 0.475 e. The zero-order valence-corrected chi connectivity index (χ0v) is 17.0. The van der Waals surface area contributed by atoms with E-state index in [1.165, 1.54) is 32.2 Å². The van der Waals surface area contributed by atoms with Gasteiger partial charge < -0.3 is 20.1 Å². The molecule has 0 aliphatic carbocycles. The van der Waals surface area contributed by atoms with Gasteiger partial charge in [0.15, 0.2) is 5.96 Å². The monoisotopic (exact) mass is 377 g/mol. The van der Waals surface area contributed by atoms with Crippen LogP contribution in [0.2, 0.25) is 0 Å². The number of nitrogens with one attached hydrogen (secondary N) is 2. The average molecular weight is 378 g/mol. The van der Waals surface area contributed by atoms with Crippen LogP contribution in [0.3, 0.4) is 0 Å². The van der Waals surface area contributed by atoms with Gasteiger partial charge in [0, 0.05) is 52.1 Å². The van der Waals surface area contributed by atoms with Gasteiger partial charge in [-0.2, -0.15) is 0 Å². The first kappa shape index (κ1) is 21.4. The van der Waals surface area contributed by atoms with Gasteiger partial charge in [-0.15, -0.1) is 0 Å². The summed E-state index contributed by atoms with van der Waals surface area (Å²) in [6.07, 6.45) is 7.09. The zero-order valence-electron chi connectivity index (χ0n) is 17.0. The molecule has 0 radical (unpaired) electrons. The highest BCUT2D eigenvalue weighted by Gasteiger charge is 2.19. The zero-order chi connectivity index (χ0) is 19.3. The third-order valence-corrected chi connectivity index (χ3v) is 4.93. The Morgan fingerprint density at radius 2 is 2.19 bits per heavy atom. The Balaban J connectivity index is 1.69. The molecule has 2 N–H and O–H groups in total. The summed E-state index contributed by atoms with van der Waals surface area (Å²) in [4.78, 5) is 11.2. The Kier molecular flexibility index (Phi) is 9.94. The van der Waals surface area contributed by atoms with Gasteiger partial charge in [-0.1, -0.05) is 19.4 Å². The predicted molar refractivity (Wildman–Crippen MR) is 109 cm³/mol. The summed E-state index contributed by atoms with van der Waals surface area (Å²) in [5.41, 5.74) is 1.08. The van der Waals surface area contributed by atoms with Gasteiger partial charge in [-0.25, -0.2) is 4.98 Å². The van der Waals surface area contributed by atoms with E-state index in [-0.39, 0.29) is 0 Å². The van der Waals surface area contributed by atoms with Crippen LogP contribution in [0.4, 0.5) is 0 Å². The Morgan fingerprint density at radius 3 is 2.89 bits per heavy atom. The summed E-state index contributed by atoms with van der Waals surface area (Å²) in [6.45, 7) is 7.22. The van der Waals surface area contributed by atoms with E-state index in [1.54, 1.807) is 14.2 Å². The van der Waals surface area contributed by atoms with Crippen molar-refractivity contribution in [1.29, 1.82) is 0 Å². The predicted octanol–water partition coefficient (Wildman–Crippen LogP) is 2.04. The fraction of sp³-hybridized carbons (Fsp3) is 0.700. The van der Waals surface area contributed by atoms with Crippen LogP contribution in [0.15, 0.2) is 23.3 Å². The molecule has 27 heavy (non-hydrogen) atoms. The number of hydrogen-bond acceptors (Lipinski definition) is 5. The molecule has 1 aromatic rings. The summed E-state index contributed by atoms with van der Waals surface area (Å²) >= 11 is 0. The molecule has 2 heterocycles. The molecular weight excluding hydrogens is 342 g/mol. The fourth-order valence-corrected chi connectivity index (χ4v) is 3.37. The number of guanidine groups is 1. The van der Waals surface area contributed by atoms with Gasteiger partial charge in [0.1, 0.15) is 6.61 Å². The van der Waals surface area contributed by atoms with Crippen molar-refractivity contribution in [3.63, 3.8) is 0 Å². The summed E-state index contributed by atoms with van der Waals surface area (Å²) in [5.74, 6) is 1.44. The number of likely N-dealkylation sites (tertiary alicyclic amines) is 1. The Morgan fingerprint density at radius 1 is 1.30 bits per heavy atom. The molecule has 7 nitrogen and oxygen atoms in total. The highest BCUT2D eigenvalue weighted by molar-refractivity contribution is 5.79. The molecule has 1 aromatic heterocycles. The first-order valence-electron chi connectivity index (χ1n) is 10.0. The second kappa shape index (κ2) is 12.5. The van der Waals surface area contributed by atoms with Gasteiger partial charge in [-0.05, 0) is 31.4 Å². The molecule has 2 rings (SSSR count). The van der Waals surface area contributed by atoms with Crippen molar-refractivity contribution < 1.29 is 9.47 Å².